The molecule has 19 heavy (non-hydrogen) atoms. The molecule has 0 heterocycles. The van der Waals surface area contributed by atoms with E-state index >= 15 is 0 Å². The highest BCUT2D eigenvalue weighted by Crippen LogP contribution is 2.18. The monoisotopic (exact) mass is 264 g/mol. The molecule has 0 aliphatic heterocycles. The average molecular weight is 264 g/mol. The Bertz CT molecular complexity index is 416. The van der Waals surface area contributed by atoms with Gasteiger partial charge in [-0.05, 0) is 37.5 Å². The molecule has 4 heteroatoms. The molecule has 0 aliphatic rings. The highest BCUT2D eigenvalue weighted by atomic mass is 16.5. The van der Waals surface area contributed by atoms with Gasteiger partial charge in [0.15, 0.2) is 6.10 Å². The Morgan fingerprint density at radius 3 is 2.58 bits per heavy atom. The lowest BCUT2D eigenvalue weighted by molar-refractivity contribution is -0.127. The van der Waals surface area contributed by atoms with Crippen molar-refractivity contribution in [2.75, 3.05) is 6.54 Å². The van der Waals surface area contributed by atoms with Crippen molar-refractivity contribution < 1.29 is 9.53 Å². The second-order valence-electron chi connectivity index (χ2n) is 5.26. The van der Waals surface area contributed by atoms with Crippen LogP contribution < -0.4 is 15.8 Å². The summed E-state index contributed by atoms with van der Waals surface area (Å²) in [5.74, 6) is 1.000. The lowest BCUT2D eigenvalue weighted by Gasteiger charge is -2.16. The van der Waals surface area contributed by atoms with Crippen LogP contribution in [0.1, 0.15) is 39.3 Å². The third kappa shape index (κ3) is 5.30. The van der Waals surface area contributed by atoms with Gasteiger partial charge >= 0.3 is 0 Å². The van der Waals surface area contributed by atoms with Gasteiger partial charge in [0.25, 0.3) is 5.91 Å². The molecule has 1 aromatic carbocycles. The predicted octanol–water partition coefficient (Wildman–Crippen LogP) is 2.25. The van der Waals surface area contributed by atoms with E-state index in [9.17, 15) is 4.79 Å². The van der Waals surface area contributed by atoms with Crippen LogP contribution in [0.4, 0.5) is 0 Å². The smallest absolute Gasteiger partial charge is 0.260 e. The van der Waals surface area contributed by atoms with E-state index in [1.54, 1.807) is 6.92 Å². The van der Waals surface area contributed by atoms with Gasteiger partial charge in [-0.3, -0.25) is 4.79 Å². The third-order valence-electron chi connectivity index (χ3n) is 2.75. The second kappa shape index (κ2) is 7.14. The van der Waals surface area contributed by atoms with E-state index in [-0.39, 0.29) is 11.9 Å². The fourth-order valence-corrected chi connectivity index (χ4v) is 1.58. The molecule has 0 saturated carbocycles. The average Bonchev–Trinajstić information content (AvgIpc) is 2.36. The van der Waals surface area contributed by atoms with E-state index < -0.39 is 6.10 Å². The van der Waals surface area contributed by atoms with Crippen LogP contribution in [0.3, 0.4) is 0 Å². The van der Waals surface area contributed by atoms with Crippen LogP contribution in [0.25, 0.3) is 0 Å². The van der Waals surface area contributed by atoms with Crippen LogP contribution in [0, 0.1) is 5.92 Å². The van der Waals surface area contributed by atoms with Crippen LogP contribution in [0.5, 0.6) is 5.75 Å². The number of benzene rings is 1. The third-order valence-corrected chi connectivity index (χ3v) is 2.75. The first kappa shape index (κ1) is 15.5. The number of amides is 1. The number of nitrogens with two attached hydrogens (primary N) is 1. The Morgan fingerprint density at radius 2 is 2.00 bits per heavy atom. The number of ether oxygens (including phenoxy) is 1. The Hall–Kier alpha value is -1.55. The van der Waals surface area contributed by atoms with Crippen molar-refractivity contribution in [3.63, 3.8) is 0 Å². The van der Waals surface area contributed by atoms with Crippen LogP contribution >= 0.6 is 0 Å². The Balaban J connectivity index is 2.58. The molecule has 1 aromatic rings. The van der Waals surface area contributed by atoms with Crippen LogP contribution in [0.2, 0.25) is 0 Å². The Kier molecular flexibility index (Phi) is 5.83. The molecular formula is C15H24N2O2. The van der Waals surface area contributed by atoms with Crippen LogP contribution in [-0.4, -0.2) is 18.6 Å². The summed E-state index contributed by atoms with van der Waals surface area (Å²) in [6.07, 6.45) is -0.512. The van der Waals surface area contributed by atoms with Crippen molar-refractivity contribution in [2.45, 2.75) is 39.8 Å². The standard InChI is InChI=1S/C15H24N2O2/c1-10(2)9-17-15(18)12(4)19-14-7-5-6-13(8-14)11(3)16/h5-8,10-12H,9,16H2,1-4H3,(H,17,18)/t11-,12?/m1/s1. The highest BCUT2D eigenvalue weighted by molar-refractivity contribution is 5.80. The molecule has 1 rings (SSSR count). The lowest BCUT2D eigenvalue weighted by atomic mass is 10.1. The van der Waals surface area contributed by atoms with Gasteiger partial charge in [0.1, 0.15) is 5.75 Å². The maximum Gasteiger partial charge on any atom is 0.260 e. The summed E-state index contributed by atoms with van der Waals surface area (Å²) in [5, 5.41) is 2.85. The minimum atomic E-state index is -0.512. The number of hydrogen-bond donors (Lipinski definition) is 2. The van der Waals surface area contributed by atoms with Gasteiger partial charge in [0, 0.05) is 12.6 Å². The van der Waals surface area contributed by atoms with E-state index in [4.69, 9.17) is 10.5 Å². The predicted molar refractivity (Wildman–Crippen MR) is 77.0 cm³/mol. The zero-order chi connectivity index (χ0) is 14.4. The van der Waals surface area contributed by atoms with Gasteiger partial charge < -0.3 is 15.8 Å². The largest absolute Gasteiger partial charge is 0.481 e. The van der Waals surface area contributed by atoms with Crippen molar-refractivity contribution in [1.82, 2.24) is 5.32 Å². The first-order chi connectivity index (χ1) is 8.90. The van der Waals surface area contributed by atoms with Gasteiger partial charge in [-0.2, -0.15) is 0 Å². The summed E-state index contributed by atoms with van der Waals surface area (Å²) in [6.45, 7) is 8.42. The maximum atomic E-state index is 11.8. The summed E-state index contributed by atoms with van der Waals surface area (Å²) in [5.41, 5.74) is 6.81. The zero-order valence-electron chi connectivity index (χ0n) is 12.1. The van der Waals surface area contributed by atoms with E-state index in [1.807, 2.05) is 31.2 Å². The molecule has 0 aromatic heterocycles. The number of rotatable bonds is 6. The molecule has 0 bridgehead atoms. The molecule has 0 spiro atoms. The first-order valence-corrected chi connectivity index (χ1v) is 6.70. The van der Waals surface area contributed by atoms with Crippen molar-refractivity contribution in [1.29, 1.82) is 0 Å². The topological polar surface area (TPSA) is 64.3 Å². The van der Waals surface area contributed by atoms with Crippen molar-refractivity contribution in [3.8, 4) is 5.75 Å². The van der Waals surface area contributed by atoms with E-state index in [2.05, 4.69) is 19.2 Å². The minimum absolute atomic E-state index is 0.0476. The zero-order valence-corrected chi connectivity index (χ0v) is 12.1. The molecule has 106 valence electrons. The van der Waals surface area contributed by atoms with Crippen molar-refractivity contribution in [3.05, 3.63) is 29.8 Å². The molecule has 0 aliphatic carbocycles. The molecule has 0 saturated heterocycles. The van der Waals surface area contributed by atoms with E-state index in [0.29, 0.717) is 18.2 Å². The molecule has 1 unspecified atom stereocenters. The molecule has 4 nitrogen and oxygen atoms in total. The van der Waals surface area contributed by atoms with E-state index in [0.717, 1.165) is 5.56 Å². The Labute approximate surface area is 115 Å². The number of carbonyl (C=O) groups excluding carboxylic acids is 1. The van der Waals surface area contributed by atoms with Crippen molar-refractivity contribution >= 4 is 5.91 Å². The fourth-order valence-electron chi connectivity index (χ4n) is 1.58. The van der Waals surface area contributed by atoms with Crippen molar-refractivity contribution in [2.24, 2.45) is 11.7 Å². The SMILES string of the molecule is CC(C)CNC(=O)C(C)Oc1cccc([C@@H](C)N)c1. The summed E-state index contributed by atoms with van der Waals surface area (Å²) < 4.78 is 5.63. The van der Waals surface area contributed by atoms with Crippen LogP contribution in [0.15, 0.2) is 24.3 Å². The molecule has 3 N–H and O–H groups in total. The minimum Gasteiger partial charge on any atom is -0.481 e. The molecule has 0 radical (unpaired) electrons. The van der Waals surface area contributed by atoms with E-state index in [1.165, 1.54) is 0 Å². The first-order valence-electron chi connectivity index (χ1n) is 6.70. The number of hydrogen-bond acceptors (Lipinski definition) is 3. The fraction of sp³-hybridized carbons (Fsp3) is 0.533. The van der Waals surface area contributed by atoms with Gasteiger partial charge in [0.2, 0.25) is 0 Å². The second-order valence-corrected chi connectivity index (χ2v) is 5.26. The summed E-state index contributed by atoms with van der Waals surface area (Å²) in [6, 6.07) is 7.48. The van der Waals surface area contributed by atoms with Gasteiger partial charge in [-0.25, -0.2) is 0 Å². The quantitative estimate of drug-likeness (QED) is 0.828. The number of carbonyl (C=O) groups is 1. The normalized spacial score (nSPS) is 14.0. The summed E-state index contributed by atoms with van der Waals surface area (Å²) in [4.78, 5) is 11.8. The maximum absolute atomic E-state index is 11.8. The van der Waals surface area contributed by atoms with Crippen LogP contribution in [-0.2, 0) is 4.79 Å². The molecule has 2 atom stereocenters. The number of nitrogens with one attached hydrogen (secondary N) is 1. The molecular weight excluding hydrogens is 240 g/mol. The van der Waals surface area contributed by atoms with Gasteiger partial charge in [-0.15, -0.1) is 0 Å². The van der Waals surface area contributed by atoms with Gasteiger partial charge in [0.05, 0.1) is 0 Å². The molecule has 0 fully saturated rings. The lowest BCUT2D eigenvalue weighted by Crippen LogP contribution is -2.38. The van der Waals surface area contributed by atoms with Gasteiger partial charge in [-0.1, -0.05) is 26.0 Å². The molecule has 1 amide bonds. The Morgan fingerprint density at radius 1 is 1.32 bits per heavy atom. The highest BCUT2D eigenvalue weighted by Gasteiger charge is 2.14. The summed E-state index contributed by atoms with van der Waals surface area (Å²) >= 11 is 0. The summed E-state index contributed by atoms with van der Waals surface area (Å²) in [7, 11) is 0.